The lowest BCUT2D eigenvalue weighted by Gasteiger charge is -2.08. The molecule has 0 radical (unpaired) electrons. The van der Waals surface area contributed by atoms with Crippen LogP contribution in [0.3, 0.4) is 0 Å². The Balaban J connectivity index is 2.44. The van der Waals surface area contributed by atoms with Crippen LogP contribution in [-0.2, 0) is 4.74 Å². The quantitative estimate of drug-likeness (QED) is 0.799. The average Bonchev–Trinajstić information content (AvgIpc) is 2.83. The maximum absolute atomic E-state index is 11.6. The molecule has 2 rings (SSSR count). The van der Waals surface area contributed by atoms with E-state index >= 15 is 0 Å². The molecular formula is C11H12N4O2. The first-order valence-electron chi connectivity index (χ1n) is 5.15. The number of hydrogen-bond donors (Lipinski definition) is 1. The summed E-state index contributed by atoms with van der Waals surface area (Å²) in [5, 5.41) is 4.02. The second-order valence-corrected chi connectivity index (χ2v) is 3.27. The Bertz CT molecular complexity index is 522. The number of aromatic nitrogens is 3. The highest BCUT2D eigenvalue weighted by Crippen LogP contribution is 2.19. The topological polar surface area (TPSA) is 83.0 Å². The molecule has 2 N–H and O–H groups in total. The molecule has 0 aliphatic heterocycles. The average molecular weight is 232 g/mol. The Kier molecular flexibility index (Phi) is 3.04. The van der Waals surface area contributed by atoms with Gasteiger partial charge in [-0.3, -0.25) is 0 Å². The number of hydrogen-bond acceptors (Lipinski definition) is 5. The number of rotatable bonds is 3. The first-order valence-corrected chi connectivity index (χ1v) is 5.15. The fourth-order valence-electron chi connectivity index (χ4n) is 1.43. The zero-order chi connectivity index (χ0) is 12.3. The minimum Gasteiger partial charge on any atom is -0.462 e. The number of ether oxygens (including phenoxy) is 1. The van der Waals surface area contributed by atoms with Crippen LogP contribution in [0.25, 0.3) is 5.82 Å². The molecule has 6 heteroatoms. The molecule has 0 saturated carbocycles. The summed E-state index contributed by atoms with van der Waals surface area (Å²) in [4.78, 5) is 15.7. The van der Waals surface area contributed by atoms with Gasteiger partial charge in [0, 0.05) is 18.6 Å². The van der Waals surface area contributed by atoms with E-state index in [0.717, 1.165) is 0 Å². The zero-order valence-electron chi connectivity index (χ0n) is 9.33. The van der Waals surface area contributed by atoms with E-state index in [4.69, 9.17) is 10.5 Å². The predicted octanol–water partition coefficient (Wildman–Crippen LogP) is 1.03. The molecule has 0 unspecified atom stereocenters. The summed E-state index contributed by atoms with van der Waals surface area (Å²) in [5.74, 6) is -0.0404. The van der Waals surface area contributed by atoms with Crippen LogP contribution in [0.5, 0.6) is 0 Å². The third kappa shape index (κ3) is 2.10. The molecule has 0 amide bonds. The van der Waals surface area contributed by atoms with Crippen molar-refractivity contribution in [3.8, 4) is 5.82 Å². The highest BCUT2D eigenvalue weighted by Gasteiger charge is 2.15. The maximum atomic E-state index is 11.6. The third-order valence-electron chi connectivity index (χ3n) is 2.19. The van der Waals surface area contributed by atoms with Crippen LogP contribution in [0.1, 0.15) is 17.3 Å². The zero-order valence-corrected chi connectivity index (χ0v) is 9.33. The molecule has 2 heterocycles. The number of nitrogen functional groups attached to an aromatic ring is 1. The van der Waals surface area contributed by atoms with Crippen molar-refractivity contribution >= 4 is 11.7 Å². The van der Waals surface area contributed by atoms with Crippen molar-refractivity contribution in [3.63, 3.8) is 0 Å². The molecular weight excluding hydrogens is 220 g/mol. The minimum absolute atomic E-state index is 0.259. The van der Waals surface area contributed by atoms with Crippen molar-refractivity contribution in [2.45, 2.75) is 6.92 Å². The van der Waals surface area contributed by atoms with Gasteiger partial charge in [-0.05, 0) is 19.1 Å². The summed E-state index contributed by atoms with van der Waals surface area (Å²) in [5.41, 5.74) is 6.44. The molecule has 88 valence electrons. The molecule has 0 spiro atoms. The molecule has 0 bridgehead atoms. The maximum Gasteiger partial charge on any atom is 0.340 e. The van der Waals surface area contributed by atoms with E-state index in [2.05, 4.69) is 10.1 Å². The van der Waals surface area contributed by atoms with Crippen LogP contribution in [-0.4, -0.2) is 27.3 Å². The van der Waals surface area contributed by atoms with Gasteiger partial charge in [0.05, 0.1) is 17.9 Å². The van der Waals surface area contributed by atoms with Gasteiger partial charge in [0.25, 0.3) is 0 Å². The fraction of sp³-hybridized carbons (Fsp3) is 0.182. The van der Waals surface area contributed by atoms with Gasteiger partial charge in [0.2, 0.25) is 0 Å². The fourth-order valence-corrected chi connectivity index (χ4v) is 1.43. The van der Waals surface area contributed by atoms with Crippen LogP contribution in [0.15, 0.2) is 30.7 Å². The third-order valence-corrected chi connectivity index (χ3v) is 2.19. The first-order chi connectivity index (χ1) is 8.24. The van der Waals surface area contributed by atoms with Gasteiger partial charge in [-0.2, -0.15) is 5.10 Å². The Morgan fingerprint density at radius 2 is 2.35 bits per heavy atom. The van der Waals surface area contributed by atoms with Gasteiger partial charge in [-0.25, -0.2) is 14.5 Å². The number of nitrogens with zero attached hydrogens (tertiary/aromatic N) is 3. The highest BCUT2D eigenvalue weighted by molar-refractivity contribution is 5.96. The SMILES string of the molecule is CCOC(=O)c1ccnc(-n2cccn2)c1N. The van der Waals surface area contributed by atoms with Gasteiger partial charge >= 0.3 is 5.97 Å². The summed E-state index contributed by atoms with van der Waals surface area (Å²) in [7, 11) is 0. The van der Waals surface area contributed by atoms with Crippen molar-refractivity contribution in [2.24, 2.45) is 0 Å². The molecule has 0 saturated heterocycles. The summed E-state index contributed by atoms with van der Waals surface area (Å²) in [6.07, 6.45) is 4.81. The number of carbonyl (C=O) groups excluding carboxylic acids is 1. The highest BCUT2D eigenvalue weighted by atomic mass is 16.5. The number of carbonyl (C=O) groups is 1. The van der Waals surface area contributed by atoms with Crippen LogP contribution in [0, 0.1) is 0 Å². The normalized spacial score (nSPS) is 10.2. The van der Waals surface area contributed by atoms with E-state index in [1.165, 1.54) is 16.9 Å². The van der Waals surface area contributed by atoms with Crippen molar-refractivity contribution in [2.75, 3.05) is 12.3 Å². The molecule has 2 aromatic heterocycles. The van der Waals surface area contributed by atoms with Gasteiger partial charge in [-0.1, -0.05) is 0 Å². The second kappa shape index (κ2) is 4.65. The van der Waals surface area contributed by atoms with E-state index in [1.807, 2.05) is 0 Å². The molecule has 0 atom stereocenters. The number of pyridine rings is 1. The van der Waals surface area contributed by atoms with Gasteiger partial charge in [0.1, 0.15) is 0 Å². The van der Waals surface area contributed by atoms with Crippen LogP contribution >= 0.6 is 0 Å². The smallest absolute Gasteiger partial charge is 0.340 e. The number of esters is 1. The van der Waals surface area contributed by atoms with Crippen molar-refractivity contribution in [1.82, 2.24) is 14.8 Å². The van der Waals surface area contributed by atoms with Crippen LogP contribution in [0.4, 0.5) is 5.69 Å². The van der Waals surface area contributed by atoms with Crippen molar-refractivity contribution in [3.05, 3.63) is 36.3 Å². The molecule has 0 aliphatic carbocycles. The van der Waals surface area contributed by atoms with E-state index in [-0.39, 0.29) is 5.69 Å². The monoisotopic (exact) mass is 232 g/mol. The second-order valence-electron chi connectivity index (χ2n) is 3.27. The lowest BCUT2D eigenvalue weighted by molar-refractivity contribution is 0.0527. The standard InChI is InChI=1S/C11H12N4O2/c1-2-17-11(16)8-4-6-13-10(9(8)12)15-7-3-5-14-15/h3-7H,2,12H2,1H3. The summed E-state index contributed by atoms with van der Waals surface area (Å²) >= 11 is 0. The Morgan fingerprint density at radius 3 is 3.00 bits per heavy atom. The Hall–Kier alpha value is -2.37. The van der Waals surface area contributed by atoms with Crippen molar-refractivity contribution < 1.29 is 9.53 Å². The van der Waals surface area contributed by atoms with E-state index in [0.29, 0.717) is 18.0 Å². The first kappa shape index (κ1) is 11.1. The minimum atomic E-state index is -0.458. The lowest BCUT2D eigenvalue weighted by Crippen LogP contribution is -2.12. The van der Waals surface area contributed by atoms with E-state index in [9.17, 15) is 4.79 Å². The van der Waals surface area contributed by atoms with Crippen LogP contribution < -0.4 is 5.73 Å². The van der Waals surface area contributed by atoms with Crippen LogP contribution in [0.2, 0.25) is 0 Å². The summed E-state index contributed by atoms with van der Waals surface area (Å²) in [6.45, 7) is 2.04. The van der Waals surface area contributed by atoms with E-state index < -0.39 is 5.97 Å². The molecule has 0 aromatic carbocycles. The van der Waals surface area contributed by atoms with Gasteiger partial charge in [0.15, 0.2) is 5.82 Å². The number of nitrogens with two attached hydrogens (primary N) is 1. The largest absolute Gasteiger partial charge is 0.462 e. The number of anilines is 1. The molecule has 0 fully saturated rings. The Labute approximate surface area is 98.0 Å². The molecule has 2 aromatic rings. The molecule has 17 heavy (non-hydrogen) atoms. The van der Waals surface area contributed by atoms with Gasteiger partial charge in [-0.15, -0.1) is 0 Å². The molecule has 6 nitrogen and oxygen atoms in total. The van der Waals surface area contributed by atoms with Crippen molar-refractivity contribution in [1.29, 1.82) is 0 Å². The summed E-state index contributed by atoms with van der Waals surface area (Å²) in [6, 6.07) is 3.28. The lowest BCUT2D eigenvalue weighted by atomic mass is 10.2. The predicted molar refractivity (Wildman–Crippen MR) is 61.7 cm³/mol. The summed E-state index contributed by atoms with van der Waals surface area (Å²) < 4.78 is 6.40. The Morgan fingerprint density at radius 1 is 1.53 bits per heavy atom. The van der Waals surface area contributed by atoms with Gasteiger partial charge < -0.3 is 10.5 Å². The molecule has 0 aliphatic rings. The van der Waals surface area contributed by atoms with E-state index in [1.54, 1.807) is 25.4 Å².